The van der Waals surface area contributed by atoms with E-state index in [0.29, 0.717) is 49.4 Å². The molecule has 3 aliphatic rings. The number of ether oxygens (including phenoxy) is 1. The molecule has 2 unspecified atom stereocenters. The standard InChI is InChI=1S/C20H23FN4O3/c21-15-4-1-5-24(11-15)20(27)14-8-18-19(23-10-14)25(12-28-18)16-7-13(3-2-6-26)17(22)9-16/h6-10,15,17H,1-5,11-12,22H2. The number of amides is 1. The lowest BCUT2D eigenvalue weighted by atomic mass is 10.1. The first kappa shape index (κ1) is 18.6. The average Bonchev–Trinajstić information content (AvgIpc) is 3.28. The molecule has 4 rings (SSSR count). The van der Waals surface area contributed by atoms with Gasteiger partial charge in [-0.25, -0.2) is 9.37 Å². The zero-order valence-corrected chi connectivity index (χ0v) is 15.5. The second-order valence-electron chi connectivity index (χ2n) is 7.28. The lowest BCUT2D eigenvalue weighted by molar-refractivity contribution is -0.107. The SMILES string of the molecule is NC1C=C(N2COc3cc(C(=O)N4CCCC(F)C4)cnc32)C=C1CCC=O. The summed E-state index contributed by atoms with van der Waals surface area (Å²) >= 11 is 0. The van der Waals surface area contributed by atoms with E-state index in [-0.39, 0.29) is 25.2 Å². The number of pyridine rings is 1. The summed E-state index contributed by atoms with van der Waals surface area (Å²) in [4.78, 5) is 31.1. The number of nitrogens with zero attached hydrogens (tertiary/aromatic N) is 3. The van der Waals surface area contributed by atoms with Crippen molar-refractivity contribution in [2.45, 2.75) is 37.9 Å². The van der Waals surface area contributed by atoms with Crippen molar-refractivity contribution in [3.63, 3.8) is 0 Å². The zero-order chi connectivity index (χ0) is 19.7. The van der Waals surface area contributed by atoms with E-state index in [0.717, 1.165) is 17.6 Å². The Kier molecular flexibility index (Phi) is 5.13. The summed E-state index contributed by atoms with van der Waals surface area (Å²) in [6, 6.07) is 1.44. The lowest BCUT2D eigenvalue weighted by Crippen LogP contribution is -2.40. The Labute approximate surface area is 162 Å². The van der Waals surface area contributed by atoms with Crippen molar-refractivity contribution in [2.75, 3.05) is 24.7 Å². The number of fused-ring (bicyclic) bond motifs is 1. The van der Waals surface area contributed by atoms with Crippen LogP contribution in [0.5, 0.6) is 5.75 Å². The summed E-state index contributed by atoms with van der Waals surface area (Å²) in [5.41, 5.74) is 8.39. The van der Waals surface area contributed by atoms with Crippen molar-refractivity contribution >= 4 is 18.0 Å². The Balaban J connectivity index is 1.51. The van der Waals surface area contributed by atoms with E-state index in [1.54, 1.807) is 6.07 Å². The first-order valence-electron chi connectivity index (χ1n) is 9.52. The Morgan fingerprint density at radius 1 is 1.46 bits per heavy atom. The molecule has 1 aromatic rings. The van der Waals surface area contributed by atoms with Crippen molar-refractivity contribution in [1.29, 1.82) is 0 Å². The number of carbonyl (C=O) groups is 2. The largest absolute Gasteiger partial charge is 0.469 e. The van der Waals surface area contributed by atoms with Crippen LogP contribution < -0.4 is 15.4 Å². The maximum absolute atomic E-state index is 13.6. The van der Waals surface area contributed by atoms with Gasteiger partial charge >= 0.3 is 0 Å². The maximum Gasteiger partial charge on any atom is 0.255 e. The highest BCUT2D eigenvalue weighted by atomic mass is 19.1. The highest BCUT2D eigenvalue weighted by molar-refractivity contribution is 5.95. The number of alkyl halides is 1. The topological polar surface area (TPSA) is 88.8 Å². The van der Waals surface area contributed by atoms with Crippen LogP contribution in [-0.2, 0) is 4.79 Å². The van der Waals surface area contributed by atoms with E-state index in [2.05, 4.69) is 4.98 Å². The number of hydrogen-bond acceptors (Lipinski definition) is 6. The number of likely N-dealkylation sites (tertiary alicyclic amines) is 1. The van der Waals surface area contributed by atoms with Gasteiger partial charge in [0.1, 0.15) is 12.5 Å². The molecule has 0 saturated carbocycles. The molecular formula is C20H23FN4O3. The van der Waals surface area contributed by atoms with E-state index >= 15 is 0 Å². The molecular weight excluding hydrogens is 363 g/mol. The highest BCUT2D eigenvalue weighted by Gasteiger charge is 2.30. The van der Waals surface area contributed by atoms with Gasteiger partial charge in [-0.05, 0) is 43.1 Å². The van der Waals surface area contributed by atoms with Gasteiger partial charge in [0, 0.05) is 30.9 Å². The van der Waals surface area contributed by atoms with Gasteiger partial charge in [-0.2, -0.15) is 0 Å². The van der Waals surface area contributed by atoms with Crippen LogP contribution in [0.1, 0.15) is 36.0 Å². The number of rotatable bonds is 5. The van der Waals surface area contributed by atoms with Gasteiger partial charge in [0.15, 0.2) is 18.3 Å². The van der Waals surface area contributed by atoms with Gasteiger partial charge in [0.2, 0.25) is 0 Å². The van der Waals surface area contributed by atoms with Crippen molar-refractivity contribution < 1.29 is 18.7 Å². The van der Waals surface area contributed by atoms with E-state index < -0.39 is 6.17 Å². The smallest absolute Gasteiger partial charge is 0.255 e. The van der Waals surface area contributed by atoms with Crippen LogP contribution in [0.3, 0.4) is 0 Å². The molecule has 3 heterocycles. The minimum atomic E-state index is -0.967. The number of hydrogen-bond donors (Lipinski definition) is 1. The van der Waals surface area contributed by atoms with Gasteiger partial charge in [-0.1, -0.05) is 0 Å². The molecule has 1 saturated heterocycles. The Morgan fingerprint density at radius 3 is 3.11 bits per heavy atom. The molecule has 7 nitrogen and oxygen atoms in total. The molecule has 0 spiro atoms. The lowest BCUT2D eigenvalue weighted by Gasteiger charge is -2.29. The van der Waals surface area contributed by atoms with Gasteiger partial charge in [0.25, 0.3) is 5.91 Å². The van der Waals surface area contributed by atoms with E-state index in [4.69, 9.17) is 10.5 Å². The number of halogens is 1. The maximum atomic E-state index is 13.6. The van der Waals surface area contributed by atoms with Gasteiger partial charge in [-0.3, -0.25) is 9.69 Å². The molecule has 0 aromatic carbocycles. The van der Waals surface area contributed by atoms with E-state index in [9.17, 15) is 14.0 Å². The number of carbonyl (C=O) groups excluding carboxylic acids is 2. The fourth-order valence-corrected chi connectivity index (χ4v) is 3.81. The van der Waals surface area contributed by atoms with Crippen LogP contribution in [0.2, 0.25) is 0 Å². The highest BCUT2D eigenvalue weighted by Crippen LogP contribution is 2.37. The third-order valence-corrected chi connectivity index (χ3v) is 5.31. The molecule has 0 bridgehead atoms. The van der Waals surface area contributed by atoms with Crippen molar-refractivity contribution in [3.05, 3.63) is 41.2 Å². The normalized spacial score (nSPS) is 23.8. The zero-order valence-electron chi connectivity index (χ0n) is 15.5. The summed E-state index contributed by atoms with van der Waals surface area (Å²) < 4.78 is 19.3. The molecule has 148 valence electrons. The van der Waals surface area contributed by atoms with Crippen LogP contribution in [-0.4, -0.2) is 54.1 Å². The quantitative estimate of drug-likeness (QED) is 0.778. The molecule has 2 N–H and O–H groups in total. The molecule has 1 aromatic heterocycles. The van der Waals surface area contributed by atoms with Gasteiger partial charge < -0.3 is 20.2 Å². The minimum Gasteiger partial charge on any atom is -0.469 e. The van der Waals surface area contributed by atoms with Crippen molar-refractivity contribution in [2.24, 2.45) is 5.73 Å². The fourth-order valence-electron chi connectivity index (χ4n) is 3.81. The second kappa shape index (κ2) is 7.71. The Hall–Kier alpha value is -2.74. The van der Waals surface area contributed by atoms with Crippen LogP contribution in [0.15, 0.2) is 35.7 Å². The summed E-state index contributed by atoms with van der Waals surface area (Å²) in [7, 11) is 0. The molecule has 1 aliphatic carbocycles. The summed E-state index contributed by atoms with van der Waals surface area (Å²) in [6.07, 6.45) is 7.53. The average molecular weight is 386 g/mol. The van der Waals surface area contributed by atoms with Crippen LogP contribution in [0.4, 0.5) is 10.2 Å². The number of allylic oxidation sites excluding steroid dienone is 1. The molecule has 2 atom stereocenters. The number of aldehydes is 1. The predicted molar refractivity (Wildman–Crippen MR) is 102 cm³/mol. The molecule has 1 amide bonds. The molecule has 0 radical (unpaired) electrons. The van der Waals surface area contributed by atoms with Crippen LogP contribution in [0.25, 0.3) is 0 Å². The predicted octanol–water partition coefficient (Wildman–Crippen LogP) is 1.94. The molecule has 28 heavy (non-hydrogen) atoms. The van der Waals surface area contributed by atoms with Crippen molar-refractivity contribution in [1.82, 2.24) is 9.88 Å². The Morgan fingerprint density at radius 2 is 2.32 bits per heavy atom. The number of aromatic nitrogens is 1. The molecule has 1 fully saturated rings. The van der Waals surface area contributed by atoms with Crippen molar-refractivity contribution in [3.8, 4) is 5.75 Å². The third-order valence-electron chi connectivity index (χ3n) is 5.31. The third kappa shape index (κ3) is 3.52. The number of nitrogens with two attached hydrogens (primary N) is 1. The minimum absolute atomic E-state index is 0.127. The number of piperidine rings is 1. The molecule has 8 heteroatoms. The monoisotopic (exact) mass is 386 g/mol. The summed E-state index contributed by atoms with van der Waals surface area (Å²) in [5.74, 6) is 0.909. The second-order valence-corrected chi connectivity index (χ2v) is 7.28. The molecule has 2 aliphatic heterocycles. The van der Waals surface area contributed by atoms with Crippen LogP contribution >= 0.6 is 0 Å². The first-order chi connectivity index (χ1) is 13.6. The van der Waals surface area contributed by atoms with E-state index in [1.165, 1.54) is 11.1 Å². The van der Waals surface area contributed by atoms with E-state index in [1.807, 2.05) is 17.1 Å². The van der Waals surface area contributed by atoms with Gasteiger partial charge in [-0.15, -0.1) is 0 Å². The fraction of sp³-hybridized carbons (Fsp3) is 0.450. The summed E-state index contributed by atoms with van der Waals surface area (Å²) in [6.45, 7) is 0.955. The number of anilines is 1. The van der Waals surface area contributed by atoms with Crippen LogP contribution in [0, 0.1) is 0 Å². The Bertz CT molecular complexity index is 854. The van der Waals surface area contributed by atoms with Gasteiger partial charge in [0.05, 0.1) is 12.1 Å². The first-order valence-corrected chi connectivity index (χ1v) is 9.52. The summed E-state index contributed by atoms with van der Waals surface area (Å²) in [5, 5.41) is 0.